The van der Waals surface area contributed by atoms with Gasteiger partial charge in [-0.05, 0) is 12.2 Å². The van der Waals surface area contributed by atoms with Gasteiger partial charge in [0.25, 0.3) is 0 Å². The first-order chi connectivity index (χ1) is 5.29. The van der Waals surface area contributed by atoms with E-state index in [-0.39, 0.29) is 0 Å². The number of hydrogen-bond donors (Lipinski definition) is 1. The first-order valence-corrected chi connectivity index (χ1v) is 4.15. The number of carbonyl (C=O) groups is 2. The zero-order chi connectivity index (χ0) is 7.84. The molecule has 1 N–H and O–H groups in total. The summed E-state index contributed by atoms with van der Waals surface area (Å²) in [6, 6.07) is 0. The average Bonchev–Trinajstić information content (AvgIpc) is 2.45. The van der Waals surface area contributed by atoms with Gasteiger partial charge in [0.2, 0.25) is 11.6 Å². The van der Waals surface area contributed by atoms with Crippen LogP contribution in [0.2, 0.25) is 0 Å². The summed E-state index contributed by atoms with van der Waals surface area (Å²) < 4.78 is 0. The van der Waals surface area contributed by atoms with Crippen LogP contribution in [0.4, 0.5) is 0 Å². The fourth-order valence-electron chi connectivity index (χ4n) is 1.02. The highest BCUT2D eigenvalue weighted by Crippen LogP contribution is 2.28. The summed E-state index contributed by atoms with van der Waals surface area (Å²) in [5.41, 5.74) is 0.475. The number of hydrogen-bond acceptors (Lipinski definition) is 4. The highest BCUT2D eigenvalue weighted by Gasteiger charge is 2.27. The second-order valence-electron chi connectivity index (χ2n) is 2.23. The van der Waals surface area contributed by atoms with Crippen LogP contribution in [-0.2, 0) is 9.59 Å². The van der Waals surface area contributed by atoms with Gasteiger partial charge in [-0.25, -0.2) is 0 Å². The number of rotatable bonds is 0. The number of nitrogens with one attached hydrogen (secondary N) is 1. The van der Waals surface area contributed by atoms with Crippen LogP contribution in [0.25, 0.3) is 0 Å². The molecule has 56 valence electrons. The van der Waals surface area contributed by atoms with Crippen molar-refractivity contribution in [1.82, 2.24) is 5.32 Å². The lowest BCUT2D eigenvalue weighted by Crippen LogP contribution is -2.24. The summed E-state index contributed by atoms with van der Waals surface area (Å²) in [6.07, 6.45) is 3.00. The van der Waals surface area contributed by atoms with Gasteiger partial charge in [-0.3, -0.25) is 9.59 Å². The summed E-state index contributed by atoms with van der Waals surface area (Å²) in [7, 11) is 0. The smallest absolute Gasteiger partial charge is 0.249 e. The Bertz CT molecular complexity index is 304. The molecule has 4 heteroatoms. The second-order valence-corrected chi connectivity index (χ2v) is 3.25. The lowest BCUT2D eigenvalue weighted by molar-refractivity contribution is -0.131. The van der Waals surface area contributed by atoms with Crippen molar-refractivity contribution in [2.24, 2.45) is 0 Å². The Labute approximate surface area is 67.5 Å². The molecule has 0 aromatic rings. The molecule has 11 heavy (non-hydrogen) atoms. The normalized spacial score (nSPS) is 22.2. The molecule has 0 aromatic heterocycles. The van der Waals surface area contributed by atoms with Crippen molar-refractivity contribution < 1.29 is 9.59 Å². The molecule has 1 aliphatic heterocycles. The fraction of sp³-hybridized carbons (Fsp3) is 0.143. The highest BCUT2D eigenvalue weighted by molar-refractivity contribution is 8.03. The molecule has 0 atom stereocenters. The molecular weight excluding hydrogens is 162 g/mol. The second kappa shape index (κ2) is 2.23. The van der Waals surface area contributed by atoms with E-state index in [1.807, 2.05) is 0 Å². The number of ketones is 2. The van der Waals surface area contributed by atoms with Crippen LogP contribution in [0.3, 0.4) is 0 Å². The Morgan fingerprint density at radius 2 is 2.18 bits per heavy atom. The molecule has 0 spiro atoms. The number of carbonyl (C=O) groups excluding carboxylic acids is 2. The molecule has 0 aromatic carbocycles. The van der Waals surface area contributed by atoms with E-state index in [0.717, 1.165) is 4.91 Å². The number of thioether (sulfide) groups is 1. The maximum atomic E-state index is 11.1. The van der Waals surface area contributed by atoms with Crippen LogP contribution in [0.5, 0.6) is 0 Å². The standard InChI is InChI=1S/C7H5NO2S/c9-4-1-2-5-6(7(4)10)8-3-11-5/h1-2,8H,3H2. The Hall–Kier alpha value is -1.03. The highest BCUT2D eigenvalue weighted by atomic mass is 32.2. The predicted octanol–water partition coefficient (Wildman–Crippen LogP) is 0.200. The predicted molar refractivity (Wildman–Crippen MR) is 41.8 cm³/mol. The van der Waals surface area contributed by atoms with Gasteiger partial charge in [0.05, 0.1) is 5.88 Å². The third kappa shape index (κ3) is 0.903. The summed E-state index contributed by atoms with van der Waals surface area (Å²) in [5, 5.41) is 2.86. The lowest BCUT2D eigenvalue weighted by Gasteiger charge is -2.03. The van der Waals surface area contributed by atoms with Gasteiger partial charge in [0.15, 0.2) is 0 Å². The molecule has 0 amide bonds. The number of Topliss-reactive ketones (excluding diaryl/α,β-unsaturated/α-hetero) is 1. The maximum Gasteiger partial charge on any atom is 0.249 e. The van der Waals surface area contributed by atoms with Crippen LogP contribution in [-0.4, -0.2) is 17.4 Å². The molecule has 2 aliphatic rings. The monoisotopic (exact) mass is 167 g/mol. The summed E-state index contributed by atoms with van der Waals surface area (Å²) in [6.45, 7) is 0. The largest absolute Gasteiger partial charge is 0.371 e. The number of allylic oxidation sites excluding steroid dienone is 3. The molecule has 0 saturated heterocycles. The SMILES string of the molecule is O=C1C=CC2=C(NCS2)C1=O. The van der Waals surface area contributed by atoms with E-state index in [0.29, 0.717) is 11.6 Å². The van der Waals surface area contributed by atoms with Crippen molar-refractivity contribution in [3.8, 4) is 0 Å². The van der Waals surface area contributed by atoms with Gasteiger partial charge in [-0.1, -0.05) is 0 Å². The van der Waals surface area contributed by atoms with E-state index in [4.69, 9.17) is 0 Å². The van der Waals surface area contributed by atoms with Crippen LogP contribution >= 0.6 is 11.8 Å². The average molecular weight is 167 g/mol. The van der Waals surface area contributed by atoms with E-state index >= 15 is 0 Å². The zero-order valence-corrected chi connectivity index (χ0v) is 6.40. The molecular formula is C7H5NO2S. The van der Waals surface area contributed by atoms with Crippen molar-refractivity contribution in [2.45, 2.75) is 0 Å². The van der Waals surface area contributed by atoms with Gasteiger partial charge in [0.1, 0.15) is 5.70 Å². The molecule has 0 radical (unpaired) electrons. The molecule has 0 unspecified atom stereocenters. The summed E-state index contributed by atoms with van der Waals surface area (Å²) >= 11 is 1.54. The molecule has 2 rings (SSSR count). The molecule has 3 nitrogen and oxygen atoms in total. The van der Waals surface area contributed by atoms with Crippen molar-refractivity contribution >= 4 is 23.3 Å². The van der Waals surface area contributed by atoms with Gasteiger partial charge in [0, 0.05) is 4.91 Å². The summed E-state index contributed by atoms with van der Waals surface area (Å²) in [4.78, 5) is 22.8. The Morgan fingerprint density at radius 3 is 3.00 bits per heavy atom. The van der Waals surface area contributed by atoms with Crippen LogP contribution in [0, 0.1) is 0 Å². The quantitative estimate of drug-likeness (QED) is 0.413. The topological polar surface area (TPSA) is 46.2 Å². The molecule has 0 saturated carbocycles. The third-order valence-electron chi connectivity index (χ3n) is 1.56. The zero-order valence-electron chi connectivity index (χ0n) is 5.59. The third-order valence-corrected chi connectivity index (χ3v) is 2.50. The first kappa shape index (κ1) is 6.67. The van der Waals surface area contributed by atoms with E-state index in [9.17, 15) is 9.59 Å². The molecule has 0 bridgehead atoms. The lowest BCUT2D eigenvalue weighted by atomic mass is 10.1. The summed E-state index contributed by atoms with van der Waals surface area (Å²) in [5.74, 6) is -0.153. The Kier molecular flexibility index (Phi) is 1.35. The van der Waals surface area contributed by atoms with Crippen molar-refractivity contribution in [3.63, 3.8) is 0 Å². The van der Waals surface area contributed by atoms with Crippen molar-refractivity contribution in [3.05, 3.63) is 22.8 Å². The van der Waals surface area contributed by atoms with Crippen molar-refractivity contribution in [2.75, 3.05) is 5.88 Å². The minimum Gasteiger partial charge on any atom is -0.371 e. The van der Waals surface area contributed by atoms with Gasteiger partial charge >= 0.3 is 0 Å². The minimum absolute atomic E-state index is 0.410. The molecule has 1 aliphatic carbocycles. The van der Waals surface area contributed by atoms with E-state index in [1.54, 1.807) is 17.8 Å². The first-order valence-electron chi connectivity index (χ1n) is 3.17. The van der Waals surface area contributed by atoms with Gasteiger partial charge < -0.3 is 5.32 Å². The fourth-order valence-corrected chi connectivity index (χ4v) is 1.86. The van der Waals surface area contributed by atoms with Gasteiger partial charge in [-0.15, -0.1) is 11.8 Å². The van der Waals surface area contributed by atoms with E-state index < -0.39 is 11.6 Å². The van der Waals surface area contributed by atoms with Crippen LogP contribution in [0.1, 0.15) is 0 Å². The Morgan fingerprint density at radius 1 is 1.36 bits per heavy atom. The maximum absolute atomic E-state index is 11.1. The van der Waals surface area contributed by atoms with Gasteiger partial charge in [-0.2, -0.15) is 0 Å². The van der Waals surface area contributed by atoms with E-state index in [1.165, 1.54) is 6.08 Å². The van der Waals surface area contributed by atoms with Crippen molar-refractivity contribution in [1.29, 1.82) is 0 Å². The Balaban J connectivity index is 2.45. The molecule has 0 fully saturated rings. The van der Waals surface area contributed by atoms with Crippen LogP contribution < -0.4 is 5.32 Å². The van der Waals surface area contributed by atoms with Crippen LogP contribution in [0.15, 0.2) is 22.8 Å². The minimum atomic E-state index is -0.432. The molecule has 1 heterocycles. The van der Waals surface area contributed by atoms with E-state index in [2.05, 4.69) is 5.32 Å².